The summed E-state index contributed by atoms with van der Waals surface area (Å²) < 4.78 is 0. The minimum Gasteiger partial charge on any atom is -0.365 e. The Morgan fingerprint density at radius 2 is 1.44 bits per heavy atom. The summed E-state index contributed by atoms with van der Waals surface area (Å²) in [5, 5.41) is 11.9. The Morgan fingerprint density at radius 1 is 0.852 bits per heavy atom. The minimum absolute atomic E-state index is 0.246. The van der Waals surface area contributed by atoms with E-state index in [1.807, 2.05) is 98.8 Å². The maximum Gasteiger partial charge on any atom is 0.332 e. The van der Waals surface area contributed by atoms with Crippen LogP contribution in [0.4, 0.5) is 16.2 Å². The zero-order chi connectivity index (χ0) is 19.0. The number of para-hydroxylation sites is 2. The third-order valence-corrected chi connectivity index (χ3v) is 5.20. The summed E-state index contributed by atoms with van der Waals surface area (Å²) in [5.74, 6) is 0. The molecule has 0 aromatic heterocycles. The fourth-order valence-electron chi connectivity index (χ4n) is 3.84. The second kappa shape index (κ2) is 6.56. The Morgan fingerprint density at radius 3 is 2.04 bits per heavy atom. The third-order valence-electron chi connectivity index (χ3n) is 5.20. The molecular weight excluding hydrogens is 336 g/mol. The number of aliphatic hydroxyl groups is 1. The fourth-order valence-corrected chi connectivity index (χ4v) is 3.84. The van der Waals surface area contributed by atoms with Gasteiger partial charge in [0.25, 0.3) is 0 Å². The number of hydrogen-bond donors (Lipinski definition) is 1. The normalized spacial score (nSPS) is 22.3. The van der Waals surface area contributed by atoms with Gasteiger partial charge in [-0.25, -0.2) is 4.79 Å². The highest BCUT2D eigenvalue weighted by Gasteiger charge is 2.56. The summed E-state index contributed by atoms with van der Waals surface area (Å²) in [4.78, 5) is 16.6. The summed E-state index contributed by atoms with van der Waals surface area (Å²) in [6.45, 7) is 3.87. The summed E-state index contributed by atoms with van der Waals surface area (Å²) in [5.41, 5.74) is 1.67. The van der Waals surface area contributed by atoms with E-state index in [2.05, 4.69) is 0 Å². The number of aryl methyl sites for hydroxylation is 1. The Bertz CT molecular complexity index is 958. The van der Waals surface area contributed by atoms with Crippen LogP contribution in [0.5, 0.6) is 0 Å². The van der Waals surface area contributed by atoms with Crippen LogP contribution >= 0.6 is 0 Å². The van der Waals surface area contributed by atoms with Crippen LogP contribution in [0.3, 0.4) is 0 Å². The molecule has 0 aliphatic carbocycles. The molecule has 1 unspecified atom stereocenters. The molecule has 3 aromatic rings. The van der Waals surface area contributed by atoms with Gasteiger partial charge in [0.15, 0.2) is 5.72 Å². The Balaban J connectivity index is 1.92. The van der Waals surface area contributed by atoms with Crippen molar-refractivity contribution in [1.29, 1.82) is 0 Å². The minimum atomic E-state index is -1.49. The van der Waals surface area contributed by atoms with Crippen LogP contribution in [0.15, 0.2) is 84.9 Å². The van der Waals surface area contributed by atoms with E-state index in [1.165, 1.54) is 4.90 Å². The van der Waals surface area contributed by atoms with Gasteiger partial charge >= 0.3 is 6.03 Å². The lowest BCUT2D eigenvalue weighted by Crippen LogP contribution is -2.48. The second-order valence-corrected chi connectivity index (χ2v) is 6.93. The first kappa shape index (κ1) is 17.3. The number of carbonyl (C=O) groups excluding carboxylic acids is 1. The average molecular weight is 358 g/mol. The largest absolute Gasteiger partial charge is 0.365 e. The first-order chi connectivity index (χ1) is 13.0. The standard InChI is InChI=1S/C23H22N2O2/c1-17-10-9-11-19(16-17)23(27)18(2)24(20-12-5-3-6-13-20)22(26)25(23)21-14-7-4-8-15-21/h3-16,18,27H,1-2H3/t18-,23?/m1/s1. The van der Waals surface area contributed by atoms with Gasteiger partial charge in [-0.05, 0) is 38.1 Å². The lowest BCUT2D eigenvalue weighted by molar-refractivity contribution is 0.0371. The van der Waals surface area contributed by atoms with Gasteiger partial charge in [0.05, 0.1) is 6.04 Å². The summed E-state index contributed by atoms with van der Waals surface area (Å²) in [6.07, 6.45) is 0. The van der Waals surface area contributed by atoms with Gasteiger partial charge in [0.1, 0.15) is 0 Å². The van der Waals surface area contributed by atoms with Gasteiger partial charge in [0, 0.05) is 16.9 Å². The van der Waals surface area contributed by atoms with Crippen molar-refractivity contribution >= 4 is 17.4 Å². The molecule has 4 heteroatoms. The number of rotatable bonds is 3. The first-order valence-corrected chi connectivity index (χ1v) is 9.06. The molecule has 1 saturated heterocycles. The quantitative estimate of drug-likeness (QED) is 0.739. The Labute approximate surface area is 159 Å². The van der Waals surface area contributed by atoms with E-state index in [9.17, 15) is 9.90 Å². The molecule has 27 heavy (non-hydrogen) atoms. The molecule has 0 bridgehead atoms. The van der Waals surface area contributed by atoms with Crippen molar-refractivity contribution in [1.82, 2.24) is 0 Å². The third kappa shape index (κ3) is 2.69. The molecule has 4 rings (SSSR count). The molecular formula is C23H22N2O2. The molecule has 2 atom stereocenters. The maximum atomic E-state index is 13.5. The topological polar surface area (TPSA) is 43.8 Å². The molecule has 2 amide bonds. The van der Waals surface area contributed by atoms with Crippen molar-refractivity contribution in [2.45, 2.75) is 25.6 Å². The van der Waals surface area contributed by atoms with Crippen molar-refractivity contribution in [3.8, 4) is 0 Å². The zero-order valence-corrected chi connectivity index (χ0v) is 15.4. The SMILES string of the molecule is Cc1cccc(C2(O)[C@@H](C)N(c3ccccc3)C(=O)N2c2ccccc2)c1. The van der Waals surface area contributed by atoms with Gasteiger partial charge in [-0.1, -0.05) is 66.2 Å². The van der Waals surface area contributed by atoms with Crippen LogP contribution in [0.2, 0.25) is 0 Å². The van der Waals surface area contributed by atoms with E-state index in [-0.39, 0.29) is 6.03 Å². The predicted molar refractivity (Wildman–Crippen MR) is 108 cm³/mol. The fraction of sp³-hybridized carbons (Fsp3) is 0.174. The van der Waals surface area contributed by atoms with Crippen molar-refractivity contribution in [3.63, 3.8) is 0 Å². The van der Waals surface area contributed by atoms with E-state index in [0.717, 1.165) is 11.3 Å². The summed E-state index contributed by atoms with van der Waals surface area (Å²) in [6, 6.07) is 25.8. The molecule has 136 valence electrons. The van der Waals surface area contributed by atoms with Crippen molar-refractivity contribution in [2.24, 2.45) is 0 Å². The highest BCUT2D eigenvalue weighted by atomic mass is 16.3. The van der Waals surface area contributed by atoms with Crippen LogP contribution < -0.4 is 9.80 Å². The van der Waals surface area contributed by atoms with Gasteiger partial charge in [-0.15, -0.1) is 0 Å². The highest BCUT2D eigenvalue weighted by molar-refractivity contribution is 6.08. The molecule has 1 heterocycles. The molecule has 0 saturated carbocycles. The van der Waals surface area contributed by atoms with Gasteiger partial charge in [0.2, 0.25) is 0 Å². The van der Waals surface area contributed by atoms with Crippen LogP contribution in [0, 0.1) is 6.92 Å². The van der Waals surface area contributed by atoms with Crippen molar-refractivity contribution < 1.29 is 9.90 Å². The van der Waals surface area contributed by atoms with Crippen molar-refractivity contribution in [3.05, 3.63) is 96.1 Å². The molecule has 1 aliphatic heterocycles. The summed E-state index contributed by atoms with van der Waals surface area (Å²) in [7, 11) is 0. The number of hydrogen-bond acceptors (Lipinski definition) is 2. The lowest BCUT2D eigenvalue weighted by atomic mass is 9.93. The molecule has 3 aromatic carbocycles. The molecule has 0 radical (unpaired) electrons. The van der Waals surface area contributed by atoms with E-state index >= 15 is 0 Å². The molecule has 1 fully saturated rings. The number of benzene rings is 3. The van der Waals surface area contributed by atoms with E-state index in [1.54, 1.807) is 4.90 Å². The predicted octanol–water partition coefficient (Wildman–Crippen LogP) is 4.68. The second-order valence-electron chi connectivity index (χ2n) is 6.93. The van der Waals surface area contributed by atoms with Crippen LogP contribution in [-0.4, -0.2) is 17.2 Å². The zero-order valence-electron chi connectivity index (χ0n) is 15.4. The van der Waals surface area contributed by atoms with E-state index in [4.69, 9.17) is 0 Å². The number of urea groups is 1. The van der Waals surface area contributed by atoms with Crippen LogP contribution in [0.25, 0.3) is 0 Å². The number of carbonyl (C=O) groups is 1. The number of nitrogens with zero attached hydrogens (tertiary/aromatic N) is 2. The monoisotopic (exact) mass is 358 g/mol. The highest BCUT2D eigenvalue weighted by Crippen LogP contribution is 2.44. The van der Waals surface area contributed by atoms with Crippen molar-refractivity contribution in [2.75, 3.05) is 9.80 Å². The van der Waals surface area contributed by atoms with Crippen LogP contribution in [-0.2, 0) is 5.72 Å². The number of amides is 2. The molecule has 4 nitrogen and oxygen atoms in total. The molecule has 1 N–H and O–H groups in total. The van der Waals surface area contributed by atoms with Gasteiger partial charge in [-0.3, -0.25) is 9.80 Å². The first-order valence-electron chi connectivity index (χ1n) is 9.06. The molecule has 1 aliphatic rings. The Kier molecular flexibility index (Phi) is 4.21. The van der Waals surface area contributed by atoms with Gasteiger partial charge in [-0.2, -0.15) is 0 Å². The summed E-state index contributed by atoms with van der Waals surface area (Å²) >= 11 is 0. The van der Waals surface area contributed by atoms with E-state index in [0.29, 0.717) is 11.3 Å². The van der Waals surface area contributed by atoms with Gasteiger partial charge < -0.3 is 5.11 Å². The van der Waals surface area contributed by atoms with E-state index < -0.39 is 11.8 Å². The lowest BCUT2D eigenvalue weighted by Gasteiger charge is -2.35. The molecule has 0 spiro atoms. The van der Waals surface area contributed by atoms with Crippen LogP contribution in [0.1, 0.15) is 18.1 Å². The Hall–Kier alpha value is -3.11. The smallest absolute Gasteiger partial charge is 0.332 e. The maximum absolute atomic E-state index is 13.5. The average Bonchev–Trinajstić information content (AvgIpc) is 2.90. The number of anilines is 2.